The summed E-state index contributed by atoms with van der Waals surface area (Å²) in [7, 11) is 5.06. The first-order chi connectivity index (χ1) is 11.2. The summed E-state index contributed by atoms with van der Waals surface area (Å²) in [6, 6.07) is 5.53. The van der Waals surface area contributed by atoms with E-state index in [1.807, 2.05) is 19.2 Å². The lowest BCUT2D eigenvalue weighted by Gasteiger charge is -2.07. The Morgan fingerprint density at radius 1 is 1.09 bits per heavy atom. The molecule has 8 heteroatoms. The van der Waals surface area contributed by atoms with Gasteiger partial charge in [0.2, 0.25) is 0 Å². The SMILES string of the molecule is COc1ccc(-c2nc3c4cnn(C)c4ncn3n2)c(OC)c1. The lowest BCUT2D eigenvalue weighted by atomic mass is 10.2. The second-order valence-corrected chi connectivity index (χ2v) is 5.02. The number of hydrogen-bond donors (Lipinski definition) is 0. The van der Waals surface area contributed by atoms with Crippen molar-refractivity contribution in [3.8, 4) is 22.9 Å². The van der Waals surface area contributed by atoms with Crippen LogP contribution in [-0.2, 0) is 7.05 Å². The van der Waals surface area contributed by atoms with Crippen LogP contribution >= 0.6 is 0 Å². The van der Waals surface area contributed by atoms with Gasteiger partial charge in [-0.1, -0.05) is 0 Å². The van der Waals surface area contributed by atoms with Gasteiger partial charge in [-0.05, 0) is 12.1 Å². The normalized spacial score (nSPS) is 11.3. The number of hydrogen-bond acceptors (Lipinski definition) is 6. The second kappa shape index (κ2) is 4.94. The van der Waals surface area contributed by atoms with Crippen molar-refractivity contribution in [3.63, 3.8) is 0 Å². The Balaban J connectivity index is 1.94. The van der Waals surface area contributed by atoms with Crippen molar-refractivity contribution in [2.24, 2.45) is 7.05 Å². The van der Waals surface area contributed by atoms with E-state index in [9.17, 15) is 0 Å². The van der Waals surface area contributed by atoms with E-state index in [1.165, 1.54) is 0 Å². The molecule has 23 heavy (non-hydrogen) atoms. The molecule has 0 unspecified atom stereocenters. The van der Waals surface area contributed by atoms with Crippen LogP contribution in [0.5, 0.6) is 11.5 Å². The average Bonchev–Trinajstić information content (AvgIpc) is 3.17. The topological polar surface area (TPSA) is 79.4 Å². The Kier molecular flexibility index (Phi) is 2.90. The first-order valence-electron chi connectivity index (χ1n) is 6.96. The van der Waals surface area contributed by atoms with E-state index in [1.54, 1.807) is 42.0 Å². The number of nitrogens with zero attached hydrogens (tertiary/aromatic N) is 6. The molecule has 0 radical (unpaired) electrons. The molecule has 0 bridgehead atoms. The zero-order valence-electron chi connectivity index (χ0n) is 12.9. The quantitative estimate of drug-likeness (QED) is 0.573. The molecule has 0 N–H and O–H groups in total. The fourth-order valence-corrected chi connectivity index (χ4v) is 2.54. The van der Waals surface area contributed by atoms with E-state index >= 15 is 0 Å². The smallest absolute Gasteiger partial charge is 0.185 e. The van der Waals surface area contributed by atoms with Crippen LogP contribution in [-0.4, -0.2) is 43.6 Å². The number of aromatic nitrogens is 6. The van der Waals surface area contributed by atoms with Gasteiger partial charge in [0, 0.05) is 13.1 Å². The van der Waals surface area contributed by atoms with Gasteiger partial charge in [-0.15, -0.1) is 5.10 Å². The van der Waals surface area contributed by atoms with Crippen LogP contribution in [0.1, 0.15) is 0 Å². The van der Waals surface area contributed by atoms with Crippen LogP contribution in [0.3, 0.4) is 0 Å². The zero-order chi connectivity index (χ0) is 16.0. The molecular weight excluding hydrogens is 296 g/mol. The van der Waals surface area contributed by atoms with Gasteiger partial charge in [0.25, 0.3) is 0 Å². The van der Waals surface area contributed by atoms with Crippen molar-refractivity contribution in [1.29, 1.82) is 0 Å². The van der Waals surface area contributed by atoms with Crippen LogP contribution in [0.2, 0.25) is 0 Å². The second-order valence-electron chi connectivity index (χ2n) is 5.02. The van der Waals surface area contributed by atoms with Crippen molar-refractivity contribution in [2.75, 3.05) is 14.2 Å². The number of rotatable bonds is 3. The number of benzene rings is 1. The van der Waals surface area contributed by atoms with Crippen LogP contribution < -0.4 is 9.47 Å². The predicted octanol–water partition coefficient (Wildman–Crippen LogP) is 1.70. The molecule has 3 aromatic heterocycles. The van der Waals surface area contributed by atoms with Crippen molar-refractivity contribution in [3.05, 3.63) is 30.7 Å². The summed E-state index contributed by atoms with van der Waals surface area (Å²) in [5, 5.41) is 9.56. The van der Waals surface area contributed by atoms with Gasteiger partial charge in [-0.25, -0.2) is 14.5 Å². The molecular formula is C15H14N6O2. The van der Waals surface area contributed by atoms with Crippen LogP contribution in [0, 0.1) is 0 Å². The Bertz CT molecular complexity index is 1020. The summed E-state index contributed by atoms with van der Waals surface area (Å²) >= 11 is 0. The molecule has 3 heterocycles. The molecule has 0 saturated carbocycles. The van der Waals surface area contributed by atoms with Gasteiger partial charge in [0.15, 0.2) is 17.1 Å². The minimum atomic E-state index is 0.558. The standard InChI is InChI=1S/C15H14N6O2/c1-20-14-11(7-17-20)15-18-13(19-21(15)8-16-14)10-5-4-9(22-2)6-12(10)23-3/h4-8H,1-3H3. The molecule has 1 aromatic carbocycles. The first-order valence-corrected chi connectivity index (χ1v) is 6.96. The van der Waals surface area contributed by atoms with Gasteiger partial charge in [0.1, 0.15) is 17.8 Å². The summed E-state index contributed by atoms with van der Waals surface area (Å²) in [4.78, 5) is 8.98. The highest BCUT2D eigenvalue weighted by molar-refractivity contribution is 5.89. The highest BCUT2D eigenvalue weighted by Gasteiger charge is 2.15. The van der Waals surface area contributed by atoms with E-state index in [2.05, 4.69) is 20.2 Å². The molecule has 0 aliphatic heterocycles. The molecule has 0 aliphatic carbocycles. The van der Waals surface area contributed by atoms with E-state index < -0.39 is 0 Å². The van der Waals surface area contributed by atoms with Crippen LogP contribution in [0.4, 0.5) is 0 Å². The summed E-state index contributed by atoms with van der Waals surface area (Å²) in [6.45, 7) is 0. The maximum Gasteiger partial charge on any atom is 0.185 e. The molecule has 0 spiro atoms. The Morgan fingerprint density at radius 3 is 2.74 bits per heavy atom. The van der Waals surface area contributed by atoms with Gasteiger partial charge in [-0.2, -0.15) is 5.10 Å². The third-order valence-corrected chi connectivity index (χ3v) is 3.72. The van der Waals surface area contributed by atoms with E-state index in [0.29, 0.717) is 23.0 Å². The van der Waals surface area contributed by atoms with Gasteiger partial charge < -0.3 is 9.47 Å². The van der Waals surface area contributed by atoms with Gasteiger partial charge in [-0.3, -0.25) is 4.68 Å². The molecule has 116 valence electrons. The van der Waals surface area contributed by atoms with Crippen molar-refractivity contribution < 1.29 is 9.47 Å². The molecule has 8 nitrogen and oxygen atoms in total. The molecule has 0 saturated heterocycles. The maximum atomic E-state index is 5.43. The van der Waals surface area contributed by atoms with E-state index in [-0.39, 0.29) is 0 Å². The first kappa shape index (κ1) is 13.5. The third kappa shape index (κ3) is 1.99. The fourth-order valence-electron chi connectivity index (χ4n) is 2.54. The van der Waals surface area contributed by atoms with Crippen molar-refractivity contribution in [1.82, 2.24) is 29.4 Å². The highest BCUT2D eigenvalue weighted by Crippen LogP contribution is 2.32. The number of aryl methyl sites for hydroxylation is 1. The summed E-state index contributed by atoms with van der Waals surface area (Å²) < 4.78 is 14.0. The van der Waals surface area contributed by atoms with Crippen molar-refractivity contribution in [2.45, 2.75) is 0 Å². The largest absolute Gasteiger partial charge is 0.497 e. The summed E-state index contributed by atoms with van der Waals surface area (Å²) in [5.41, 5.74) is 2.25. The zero-order valence-corrected chi connectivity index (χ0v) is 12.9. The lowest BCUT2D eigenvalue weighted by Crippen LogP contribution is -1.95. The van der Waals surface area contributed by atoms with Crippen molar-refractivity contribution >= 4 is 16.7 Å². The third-order valence-electron chi connectivity index (χ3n) is 3.72. The van der Waals surface area contributed by atoms with E-state index in [4.69, 9.17) is 9.47 Å². The van der Waals surface area contributed by atoms with Gasteiger partial charge in [0.05, 0.1) is 31.4 Å². The van der Waals surface area contributed by atoms with E-state index in [0.717, 1.165) is 16.6 Å². The average molecular weight is 310 g/mol. The Hall–Kier alpha value is -3.16. The highest BCUT2D eigenvalue weighted by atomic mass is 16.5. The fraction of sp³-hybridized carbons (Fsp3) is 0.200. The Morgan fingerprint density at radius 2 is 1.96 bits per heavy atom. The molecule has 0 fully saturated rings. The molecule has 4 rings (SSSR count). The minimum absolute atomic E-state index is 0.558. The summed E-state index contributed by atoms with van der Waals surface area (Å²) in [6.07, 6.45) is 3.37. The monoisotopic (exact) mass is 310 g/mol. The van der Waals surface area contributed by atoms with Crippen LogP contribution in [0.25, 0.3) is 28.1 Å². The molecule has 4 aromatic rings. The lowest BCUT2D eigenvalue weighted by molar-refractivity contribution is 0.395. The number of methoxy groups -OCH3 is 2. The predicted molar refractivity (Wildman–Crippen MR) is 83.6 cm³/mol. The number of fused-ring (bicyclic) bond motifs is 3. The minimum Gasteiger partial charge on any atom is -0.497 e. The Labute approximate surface area is 131 Å². The van der Waals surface area contributed by atoms with Crippen LogP contribution in [0.15, 0.2) is 30.7 Å². The number of ether oxygens (including phenoxy) is 2. The molecule has 0 amide bonds. The summed E-state index contributed by atoms with van der Waals surface area (Å²) in [5.74, 6) is 1.92. The molecule has 0 atom stereocenters. The molecule has 0 aliphatic rings. The van der Waals surface area contributed by atoms with Gasteiger partial charge >= 0.3 is 0 Å². The maximum absolute atomic E-state index is 5.43.